The highest BCUT2D eigenvalue weighted by Crippen LogP contribution is 2.39. The lowest BCUT2D eigenvalue weighted by Crippen LogP contribution is -2.19. The molecule has 0 amide bonds. The fraction of sp³-hybridized carbons (Fsp3) is 0.850. The van der Waals surface area contributed by atoms with Crippen LogP contribution < -0.4 is 5.32 Å². The fourth-order valence-corrected chi connectivity index (χ4v) is 5.88. The van der Waals surface area contributed by atoms with Gasteiger partial charge in [0.2, 0.25) is 0 Å². The molecule has 1 atom stereocenters. The maximum absolute atomic E-state index is 11.2. The lowest BCUT2D eigenvalue weighted by Gasteiger charge is -2.07. The molecule has 0 aromatic heterocycles. The molecule has 0 radical (unpaired) electrons. The molecule has 5 heteroatoms. The van der Waals surface area contributed by atoms with E-state index in [1.807, 2.05) is 0 Å². The molecular weight excluding hydrogens is 350 g/mol. The summed E-state index contributed by atoms with van der Waals surface area (Å²) >= 11 is 0. The van der Waals surface area contributed by atoms with Gasteiger partial charge in [-0.3, -0.25) is 0 Å². The molecule has 0 aromatic rings. The highest BCUT2D eigenvalue weighted by Gasteiger charge is 2.15. The fourth-order valence-electron chi connectivity index (χ4n) is 2.86. The summed E-state index contributed by atoms with van der Waals surface area (Å²) in [6, 6.07) is 0. The number of hydrogen-bond acceptors (Lipinski definition) is 5. The lowest BCUT2D eigenvalue weighted by atomic mass is 10.1. The van der Waals surface area contributed by atoms with Crippen LogP contribution in [0.4, 0.5) is 0 Å². The molecule has 0 saturated carbocycles. The van der Waals surface area contributed by atoms with Crippen LogP contribution >= 0.6 is 21.6 Å². The third-order valence-electron chi connectivity index (χ3n) is 4.44. The van der Waals surface area contributed by atoms with E-state index in [1.165, 1.54) is 70.0 Å². The van der Waals surface area contributed by atoms with Crippen LogP contribution in [0.2, 0.25) is 0 Å². The maximum atomic E-state index is 11.2. The summed E-state index contributed by atoms with van der Waals surface area (Å²) in [7, 11) is 4.18. The summed E-state index contributed by atoms with van der Waals surface area (Å²) in [5.41, 5.74) is 0.472. The zero-order valence-corrected chi connectivity index (χ0v) is 17.7. The van der Waals surface area contributed by atoms with Crippen molar-refractivity contribution in [3.8, 4) is 0 Å². The van der Waals surface area contributed by atoms with Crippen LogP contribution in [-0.2, 0) is 9.53 Å². The number of nitrogens with one attached hydrogen (secondary N) is 1. The SMILES string of the molecule is C=C(C)C(=O)OCCCNCCCCCCCCCCC1CCSS1. The van der Waals surface area contributed by atoms with Gasteiger partial charge in [0.25, 0.3) is 0 Å². The zero-order valence-electron chi connectivity index (χ0n) is 16.0. The first-order valence-electron chi connectivity index (χ1n) is 10.0. The van der Waals surface area contributed by atoms with E-state index in [1.54, 1.807) is 6.92 Å². The monoisotopic (exact) mass is 387 g/mol. The van der Waals surface area contributed by atoms with Crippen molar-refractivity contribution < 1.29 is 9.53 Å². The van der Waals surface area contributed by atoms with Gasteiger partial charge in [-0.25, -0.2) is 4.79 Å². The van der Waals surface area contributed by atoms with Gasteiger partial charge in [0, 0.05) is 16.6 Å². The molecule has 1 aliphatic rings. The minimum absolute atomic E-state index is 0.281. The Bertz CT molecular complexity index is 358. The van der Waals surface area contributed by atoms with Crippen LogP contribution in [0.5, 0.6) is 0 Å². The minimum atomic E-state index is -0.281. The van der Waals surface area contributed by atoms with Crippen LogP contribution in [0.15, 0.2) is 12.2 Å². The Labute approximate surface area is 162 Å². The van der Waals surface area contributed by atoms with E-state index in [9.17, 15) is 4.79 Å². The van der Waals surface area contributed by atoms with Crippen molar-refractivity contribution >= 4 is 27.6 Å². The summed E-state index contributed by atoms with van der Waals surface area (Å²) in [5.74, 6) is 1.09. The Morgan fingerprint density at radius 2 is 1.68 bits per heavy atom. The van der Waals surface area contributed by atoms with Crippen LogP contribution in [0, 0.1) is 0 Å². The van der Waals surface area contributed by atoms with Gasteiger partial charge in [0.1, 0.15) is 0 Å². The molecule has 1 fully saturated rings. The number of carbonyl (C=O) groups excluding carboxylic acids is 1. The molecule has 1 heterocycles. The van der Waals surface area contributed by atoms with Gasteiger partial charge in [-0.2, -0.15) is 0 Å². The highest BCUT2D eigenvalue weighted by molar-refractivity contribution is 8.77. The topological polar surface area (TPSA) is 38.3 Å². The van der Waals surface area contributed by atoms with Gasteiger partial charge in [0.15, 0.2) is 0 Å². The van der Waals surface area contributed by atoms with Crippen molar-refractivity contribution in [1.82, 2.24) is 5.32 Å². The molecule has 3 nitrogen and oxygen atoms in total. The number of unbranched alkanes of at least 4 members (excludes halogenated alkanes) is 7. The van der Waals surface area contributed by atoms with Crippen LogP contribution in [0.1, 0.15) is 77.6 Å². The predicted octanol–water partition coefficient (Wildman–Crippen LogP) is 5.75. The van der Waals surface area contributed by atoms with E-state index in [-0.39, 0.29) is 5.97 Å². The summed E-state index contributed by atoms with van der Waals surface area (Å²) in [6.07, 6.45) is 14.8. The molecule has 0 aromatic carbocycles. The van der Waals surface area contributed by atoms with E-state index in [0.29, 0.717) is 12.2 Å². The van der Waals surface area contributed by atoms with E-state index in [0.717, 1.165) is 24.8 Å². The van der Waals surface area contributed by atoms with Crippen molar-refractivity contribution in [3.05, 3.63) is 12.2 Å². The largest absolute Gasteiger partial charge is 0.462 e. The van der Waals surface area contributed by atoms with Crippen LogP contribution in [0.25, 0.3) is 0 Å². The second kappa shape index (κ2) is 16.1. The number of ether oxygens (including phenoxy) is 1. The summed E-state index contributed by atoms with van der Waals surface area (Å²) in [6.45, 7) is 7.72. The number of esters is 1. The zero-order chi connectivity index (χ0) is 18.2. The molecular formula is C20H37NO2S2. The highest BCUT2D eigenvalue weighted by atomic mass is 33.1. The predicted molar refractivity (Wildman–Crippen MR) is 113 cm³/mol. The van der Waals surface area contributed by atoms with Gasteiger partial charge in [-0.1, -0.05) is 73.1 Å². The van der Waals surface area contributed by atoms with Crippen molar-refractivity contribution in [2.45, 2.75) is 82.8 Å². The number of rotatable bonds is 16. The second-order valence-corrected chi connectivity index (χ2v) is 9.75. The maximum Gasteiger partial charge on any atom is 0.333 e. The van der Waals surface area contributed by atoms with Gasteiger partial charge in [-0.15, -0.1) is 0 Å². The number of carbonyl (C=O) groups is 1. The summed E-state index contributed by atoms with van der Waals surface area (Å²) in [4.78, 5) is 11.2. The molecule has 25 heavy (non-hydrogen) atoms. The average molecular weight is 388 g/mol. The standard InChI is InChI=1S/C20H37NO2S2/c1-18(2)20(22)23-16-11-15-21-14-10-8-6-4-3-5-7-9-12-19-13-17-24-25-19/h19,21H,1,3-17H2,2H3. The van der Waals surface area contributed by atoms with Crippen molar-refractivity contribution in [2.75, 3.05) is 25.4 Å². The van der Waals surface area contributed by atoms with E-state index in [4.69, 9.17) is 4.74 Å². The molecule has 0 aliphatic carbocycles. The van der Waals surface area contributed by atoms with E-state index >= 15 is 0 Å². The van der Waals surface area contributed by atoms with Gasteiger partial charge >= 0.3 is 5.97 Å². The van der Waals surface area contributed by atoms with Crippen molar-refractivity contribution in [1.29, 1.82) is 0 Å². The quantitative estimate of drug-likeness (QED) is 0.158. The third kappa shape index (κ3) is 13.7. The number of hydrogen-bond donors (Lipinski definition) is 1. The molecule has 1 aliphatic heterocycles. The average Bonchev–Trinajstić information content (AvgIpc) is 3.11. The smallest absolute Gasteiger partial charge is 0.333 e. The van der Waals surface area contributed by atoms with E-state index in [2.05, 4.69) is 33.5 Å². The third-order valence-corrected chi connectivity index (χ3v) is 7.44. The van der Waals surface area contributed by atoms with Crippen LogP contribution in [-0.4, -0.2) is 36.7 Å². The molecule has 1 unspecified atom stereocenters. The Morgan fingerprint density at radius 1 is 1.04 bits per heavy atom. The molecule has 146 valence electrons. The molecule has 0 bridgehead atoms. The van der Waals surface area contributed by atoms with E-state index < -0.39 is 0 Å². The van der Waals surface area contributed by atoms with Crippen molar-refractivity contribution in [2.24, 2.45) is 0 Å². The molecule has 0 spiro atoms. The van der Waals surface area contributed by atoms with Crippen LogP contribution in [0.3, 0.4) is 0 Å². The van der Waals surface area contributed by atoms with Gasteiger partial charge < -0.3 is 10.1 Å². The minimum Gasteiger partial charge on any atom is -0.462 e. The Morgan fingerprint density at radius 3 is 2.32 bits per heavy atom. The van der Waals surface area contributed by atoms with Gasteiger partial charge in [0.05, 0.1) is 6.61 Å². The molecule has 1 saturated heterocycles. The first-order chi connectivity index (χ1) is 12.2. The van der Waals surface area contributed by atoms with Gasteiger partial charge in [-0.05, 0) is 45.7 Å². The Hall–Kier alpha value is -0.130. The first-order valence-corrected chi connectivity index (χ1v) is 12.4. The summed E-state index contributed by atoms with van der Waals surface area (Å²) in [5, 5.41) is 4.37. The normalized spacial score (nSPS) is 16.9. The molecule has 1 N–H and O–H groups in total. The Kier molecular flexibility index (Phi) is 14.7. The second-order valence-electron chi connectivity index (χ2n) is 6.97. The summed E-state index contributed by atoms with van der Waals surface area (Å²) < 4.78 is 5.05. The lowest BCUT2D eigenvalue weighted by molar-refractivity contribution is -0.139. The Balaban J connectivity index is 1.69. The first kappa shape index (κ1) is 22.9. The van der Waals surface area contributed by atoms with Crippen molar-refractivity contribution in [3.63, 3.8) is 0 Å². The molecule has 1 rings (SSSR count).